The molecule has 0 radical (unpaired) electrons. The van der Waals surface area contributed by atoms with Gasteiger partial charge in [0.25, 0.3) is 0 Å². The minimum Gasteiger partial charge on any atom is -0.497 e. The smallest absolute Gasteiger partial charge is 0.194 e. The first-order valence-corrected chi connectivity index (χ1v) is 8.82. The number of guanidine groups is 1. The fourth-order valence-electron chi connectivity index (χ4n) is 3.09. The number of hydrogen-bond donors (Lipinski definition) is 1. The second-order valence-corrected chi connectivity index (χ2v) is 6.17. The Balaban J connectivity index is 1.55. The van der Waals surface area contributed by atoms with E-state index in [1.165, 1.54) is 5.69 Å². The van der Waals surface area contributed by atoms with Crippen molar-refractivity contribution in [3.05, 3.63) is 48.0 Å². The molecule has 3 rings (SSSR count). The number of nitrogens with zero attached hydrogens (tertiary/aromatic N) is 5. The van der Waals surface area contributed by atoms with Gasteiger partial charge in [-0.3, -0.25) is 4.99 Å². The molecule has 0 saturated carbocycles. The molecule has 1 N–H and O–H groups in total. The van der Waals surface area contributed by atoms with Crippen LogP contribution in [0.3, 0.4) is 0 Å². The third kappa shape index (κ3) is 4.41. The van der Waals surface area contributed by atoms with E-state index in [1.807, 2.05) is 32.2 Å². The van der Waals surface area contributed by atoms with Gasteiger partial charge in [-0.25, -0.2) is 9.97 Å². The van der Waals surface area contributed by atoms with Gasteiger partial charge in [-0.05, 0) is 25.1 Å². The first-order chi connectivity index (χ1) is 12.7. The number of piperazine rings is 1. The summed E-state index contributed by atoms with van der Waals surface area (Å²) in [6.07, 6.45) is 1.79. The van der Waals surface area contributed by atoms with Crippen molar-refractivity contribution in [2.24, 2.45) is 4.99 Å². The van der Waals surface area contributed by atoms with E-state index in [1.54, 1.807) is 13.3 Å². The Kier molecular flexibility index (Phi) is 5.88. The monoisotopic (exact) mass is 354 g/mol. The second kappa shape index (κ2) is 8.51. The van der Waals surface area contributed by atoms with E-state index in [-0.39, 0.29) is 0 Å². The number of aryl methyl sites for hydroxylation is 1. The summed E-state index contributed by atoms with van der Waals surface area (Å²) in [4.78, 5) is 17.6. The highest BCUT2D eigenvalue weighted by Crippen LogP contribution is 2.22. The molecule has 138 valence electrons. The van der Waals surface area contributed by atoms with Crippen molar-refractivity contribution in [1.82, 2.24) is 20.2 Å². The lowest BCUT2D eigenvalue weighted by Gasteiger charge is -2.37. The fourth-order valence-corrected chi connectivity index (χ4v) is 3.09. The van der Waals surface area contributed by atoms with Gasteiger partial charge in [0.05, 0.1) is 19.3 Å². The summed E-state index contributed by atoms with van der Waals surface area (Å²) in [5.41, 5.74) is 2.16. The van der Waals surface area contributed by atoms with Gasteiger partial charge in [0.15, 0.2) is 5.96 Å². The quantitative estimate of drug-likeness (QED) is 0.666. The predicted octanol–water partition coefficient (Wildman–Crippen LogP) is 1.69. The molecular formula is C19H26N6O. The number of aliphatic imine (C=N–C) groups is 1. The van der Waals surface area contributed by atoms with Crippen LogP contribution in [0.4, 0.5) is 5.69 Å². The van der Waals surface area contributed by atoms with E-state index in [0.717, 1.165) is 49.4 Å². The highest BCUT2D eigenvalue weighted by Gasteiger charge is 2.20. The molecule has 1 aromatic heterocycles. The van der Waals surface area contributed by atoms with E-state index in [0.29, 0.717) is 6.54 Å². The standard InChI is InChI=1S/C19H26N6O/c1-15-21-8-7-16(23-15)14-22-19(20-2)25-11-9-24(10-12-25)17-5-4-6-18(13-17)26-3/h4-8,13H,9-12,14H2,1-3H3,(H,20,22). The molecule has 7 nitrogen and oxygen atoms in total. The number of benzene rings is 1. The van der Waals surface area contributed by atoms with Crippen molar-refractivity contribution in [3.8, 4) is 5.75 Å². The van der Waals surface area contributed by atoms with Gasteiger partial charge >= 0.3 is 0 Å². The summed E-state index contributed by atoms with van der Waals surface area (Å²) in [5.74, 6) is 2.58. The van der Waals surface area contributed by atoms with E-state index in [4.69, 9.17) is 4.74 Å². The SMILES string of the molecule is CN=C(NCc1ccnc(C)n1)N1CCN(c2cccc(OC)c2)CC1. The summed E-state index contributed by atoms with van der Waals surface area (Å²) >= 11 is 0. The zero-order chi connectivity index (χ0) is 18.4. The molecule has 0 amide bonds. The molecule has 0 atom stereocenters. The van der Waals surface area contributed by atoms with Gasteiger partial charge in [0.2, 0.25) is 0 Å². The first kappa shape index (κ1) is 18.0. The van der Waals surface area contributed by atoms with Gasteiger partial charge in [-0.2, -0.15) is 0 Å². The molecule has 2 heterocycles. The molecule has 1 aliphatic heterocycles. The normalized spacial score (nSPS) is 15.1. The molecule has 1 aromatic carbocycles. The van der Waals surface area contributed by atoms with E-state index in [2.05, 4.69) is 42.2 Å². The molecule has 7 heteroatoms. The summed E-state index contributed by atoms with van der Waals surface area (Å²) < 4.78 is 5.33. The Hall–Kier alpha value is -2.83. The molecule has 2 aromatic rings. The van der Waals surface area contributed by atoms with E-state index < -0.39 is 0 Å². The van der Waals surface area contributed by atoms with Gasteiger partial charge in [0, 0.05) is 51.2 Å². The average molecular weight is 354 g/mol. The molecule has 0 spiro atoms. The van der Waals surface area contributed by atoms with Crippen LogP contribution in [0.2, 0.25) is 0 Å². The third-order valence-corrected chi connectivity index (χ3v) is 4.47. The van der Waals surface area contributed by atoms with E-state index in [9.17, 15) is 0 Å². The van der Waals surface area contributed by atoms with Crippen LogP contribution in [0.5, 0.6) is 5.75 Å². The van der Waals surface area contributed by atoms with Crippen LogP contribution in [-0.2, 0) is 6.54 Å². The lowest BCUT2D eigenvalue weighted by molar-refractivity contribution is 0.371. The van der Waals surface area contributed by atoms with E-state index >= 15 is 0 Å². The van der Waals surface area contributed by atoms with Crippen LogP contribution in [-0.4, -0.2) is 61.2 Å². The molecule has 1 aliphatic rings. The predicted molar refractivity (Wildman–Crippen MR) is 104 cm³/mol. The zero-order valence-electron chi connectivity index (χ0n) is 15.6. The Morgan fingerprint density at radius 3 is 2.73 bits per heavy atom. The number of nitrogens with one attached hydrogen (secondary N) is 1. The van der Waals surface area contributed by atoms with Crippen LogP contribution >= 0.6 is 0 Å². The topological polar surface area (TPSA) is 65.9 Å². The summed E-state index contributed by atoms with van der Waals surface area (Å²) in [6.45, 7) is 6.27. The zero-order valence-corrected chi connectivity index (χ0v) is 15.6. The average Bonchev–Trinajstić information content (AvgIpc) is 2.69. The summed E-state index contributed by atoms with van der Waals surface area (Å²) in [5, 5.41) is 3.40. The van der Waals surface area contributed by atoms with Crippen LogP contribution < -0.4 is 15.0 Å². The maximum Gasteiger partial charge on any atom is 0.194 e. The number of rotatable bonds is 4. The number of methoxy groups -OCH3 is 1. The second-order valence-electron chi connectivity index (χ2n) is 6.17. The number of hydrogen-bond acceptors (Lipinski definition) is 5. The maximum absolute atomic E-state index is 5.33. The van der Waals surface area contributed by atoms with Crippen molar-refractivity contribution in [2.75, 3.05) is 45.2 Å². The van der Waals surface area contributed by atoms with Crippen LogP contribution in [0.1, 0.15) is 11.5 Å². The van der Waals surface area contributed by atoms with Crippen molar-refractivity contribution < 1.29 is 4.74 Å². The third-order valence-electron chi connectivity index (χ3n) is 4.47. The lowest BCUT2D eigenvalue weighted by Crippen LogP contribution is -2.52. The maximum atomic E-state index is 5.33. The lowest BCUT2D eigenvalue weighted by atomic mass is 10.2. The highest BCUT2D eigenvalue weighted by atomic mass is 16.5. The number of aromatic nitrogens is 2. The van der Waals surface area contributed by atoms with Crippen LogP contribution in [0, 0.1) is 6.92 Å². The van der Waals surface area contributed by atoms with Crippen molar-refractivity contribution in [2.45, 2.75) is 13.5 Å². The Bertz CT molecular complexity index is 755. The Morgan fingerprint density at radius 2 is 2.04 bits per heavy atom. The largest absolute Gasteiger partial charge is 0.497 e. The molecule has 0 unspecified atom stereocenters. The van der Waals surface area contributed by atoms with Crippen molar-refractivity contribution >= 4 is 11.6 Å². The van der Waals surface area contributed by atoms with Gasteiger partial charge in [-0.1, -0.05) is 6.07 Å². The van der Waals surface area contributed by atoms with Crippen molar-refractivity contribution in [1.29, 1.82) is 0 Å². The molecular weight excluding hydrogens is 328 g/mol. The van der Waals surface area contributed by atoms with Gasteiger partial charge in [0.1, 0.15) is 11.6 Å². The van der Waals surface area contributed by atoms with Gasteiger partial charge in [-0.15, -0.1) is 0 Å². The number of anilines is 1. The summed E-state index contributed by atoms with van der Waals surface area (Å²) in [6, 6.07) is 10.1. The molecule has 1 saturated heterocycles. The molecule has 26 heavy (non-hydrogen) atoms. The summed E-state index contributed by atoms with van der Waals surface area (Å²) in [7, 11) is 3.52. The molecule has 0 bridgehead atoms. The highest BCUT2D eigenvalue weighted by molar-refractivity contribution is 5.80. The van der Waals surface area contributed by atoms with Gasteiger partial charge < -0.3 is 19.9 Å². The number of ether oxygens (including phenoxy) is 1. The van der Waals surface area contributed by atoms with Crippen LogP contribution in [0.25, 0.3) is 0 Å². The molecule has 1 fully saturated rings. The minimum absolute atomic E-state index is 0.645. The molecule has 0 aliphatic carbocycles. The minimum atomic E-state index is 0.645. The van der Waals surface area contributed by atoms with Crippen LogP contribution in [0.15, 0.2) is 41.5 Å². The Morgan fingerprint density at radius 1 is 1.23 bits per heavy atom. The van der Waals surface area contributed by atoms with Crippen molar-refractivity contribution in [3.63, 3.8) is 0 Å². The fraction of sp³-hybridized carbons (Fsp3) is 0.421. The Labute approximate surface area is 154 Å². The first-order valence-electron chi connectivity index (χ1n) is 8.82.